The molecule has 4 nitrogen and oxygen atoms in total. The summed E-state index contributed by atoms with van der Waals surface area (Å²) in [6, 6.07) is 6.73. The SMILES string of the molecule is CNCc1cnc(N2CCN(c3ccc(F)cc3)CC2)s1. The first-order valence-electron chi connectivity index (χ1n) is 7.11. The molecule has 1 saturated heterocycles. The molecule has 0 atom stereocenters. The van der Waals surface area contributed by atoms with E-state index in [1.54, 1.807) is 11.3 Å². The molecule has 0 spiro atoms. The van der Waals surface area contributed by atoms with Gasteiger partial charge in [0, 0.05) is 49.5 Å². The third-order valence-electron chi connectivity index (χ3n) is 3.63. The van der Waals surface area contributed by atoms with E-state index in [-0.39, 0.29) is 5.82 Å². The summed E-state index contributed by atoms with van der Waals surface area (Å²) in [7, 11) is 1.95. The van der Waals surface area contributed by atoms with Crippen molar-refractivity contribution in [3.8, 4) is 0 Å². The number of hydrogen-bond acceptors (Lipinski definition) is 5. The third-order valence-corrected chi connectivity index (χ3v) is 4.69. The number of halogens is 1. The van der Waals surface area contributed by atoms with Crippen molar-refractivity contribution in [3.63, 3.8) is 0 Å². The van der Waals surface area contributed by atoms with Gasteiger partial charge in [0.05, 0.1) is 0 Å². The molecule has 0 unspecified atom stereocenters. The first-order valence-corrected chi connectivity index (χ1v) is 7.92. The molecule has 1 aliphatic heterocycles. The Morgan fingerprint density at radius 2 is 1.81 bits per heavy atom. The Kier molecular flexibility index (Phi) is 4.36. The van der Waals surface area contributed by atoms with Crippen LogP contribution in [0.2, 0.25) is 0 Å². The molecule has 2 aromatic rings. The van der Waals surface area contributed by atoms with Crippen LogP contribution < -0.4 is 15.1 Å². The standard InChI is InChI=1S/C15H19FN4S/c1-17-10-14-11-18-15(21-14)20-8-6-19(7-9-20)13-4-2-12(16)3-5-13/h2-5,11,17H,6-10H2,1H3. The van der Waals surface area contributed by atoms with Crippen LogP contribution in [-0.4, -0.2) is 38.2 Å². The number of piperazine rings is 1. The Morgan fingerprint density at radius 3 is 2.48 bits per heavy atom. The normalized spacial score (nSPS) is 15.5. The van der Waals surface area contributed by atoms with Gasteiger partial charge in [0.1, 0.15) is 5.82 Å². The van der Waals surface area contributed by atoms with Crippen molar-refractivity contribution < 1.29 is 4.39 Å². The largest absolute Gasteiger partial charge is 0.368 e. The zero-order valence-electron chi connectivity index (χ0n) is 12.1. The maximum absolute atomic E-state index is 13.0. The molecule has 112 valence electrons. The van der Waals surface area contributed by atoms with Gasteiger partial charge < -0.3 is 15.1 Å². The average molecular weight is 306 g/mol. The summed E-state index contributed by atoms with van der Waals surface area (Å²) >= 11 is 1.75. The van der Waals surface area contributed by atoms with Crippen LogP contribution in [0.15, 0.2) is 30.5 Å². The molecular formula is C15H19FN4S. The Labute approximate surface area is 128 Å². The molecule has 0 radical (unpaired) electrons. The number of anilines is 2. The lowest BCUT2D eigenvalue weighted by Gasteiger charge is -2.36. The fourth-order valence-electron chi connectivity index (χ4n) is 2.51. The van der Waals surface area contributed by atoms with Crippen molar-refractivity contribution in [2.45, 2.75) is 6.54 Å². The second-order valence-electron chi connectivity index (χ2n) is 5.09. The van der Waals surface area contributed by atoms with E-state index in [0.717, 1.165) is 43.5 Å². The molecule has 0 saturated carbocycles. The topological polar surface area (TPSA) is 31.4 Å². The number of nitrogens with one attached hydrogen (secondary N) is 1. The van der Waals surface area contributed by atoms with Crippen molar-refractivity contribution in [1.29, 1.82) is 0 Å². The Bertz CT molecular complexity index is 576. The first-order chi connectivity index (χ1) is 10.3. The lowest BCUT2D eigenvalue weighted by atomic mass is 10.2. The molecule has 0 bridgehead atoms. The van der Waals surface area contributed by atoms with Crippen molar-refractivity contribution in [3.05, 3.63) is 41.2 Å². The van der Waals surface area contributed by atoms with Gasteiger partial charge in [0.25, 0.3) is 0 Å². The van der Waals surface area contributed by atoms with Gasteiger partial charge in [-0.15, -0.1) is 11.3 Å². The first kappa shape index (κ1) is 14.3. The summed E-state index contributed by atoms with van der Waals surface area (Å²) in [5.74, 6) is -0.183. The summed E-state index contributed by atoms with van der Waals surface area (Å²) in [5.41, 5.74) is 1.09. The van der Waals surface area contributed by atoms with Gasteiger partial charge in [-0.3, -0.25) is 0 Å². The van der Waals surface area contributed by atoms with Gasteiger partial charge in [0.15, 0.2) is 5.13 Å². The van der Waals surface area contributed by atoms with Crippen LogP contribution >= 0.6 is 11.3 Å². The van der Waals surface area contributed by atoms with Gasteiger partial charge in [-0.1, -0.05) is 0 Å². The van der Waals surface area contributed by atoms with E-state index < -0.39 is 0 Å². The minimum Gasteiger partial charge on any atom is -0.368 e. The van der Waals surface area contributed by atoms with E-state index in [4.69, 9.17) is 0 Å². The monoisotopic (exact) mass is 306 g/mol. The number of benzene rings is 1. The minimum absolute atomic E-state index is 0.183. The fraction of sp³-hybridized carbons (Fsp3) is 0.400. The molecule has 1 aromatic heterocycles. The summed E-state index contributed by atoms with van der Waals surface area (Å²) in [6.07, 6.45) is 1.95. The molecule has 6 heteroatoms. The molecular weight excluding hydrogens is 287 g/mol. The van der Waals surface area contributed by atoms with Gasteiger partial charge in [-0.2, -0.15) is 0 Å². The highest BCUT2D eigenvalue weighted by Crippen LogP contribution is 2.25. The van der Waals surface area contributed by atoms with E-state index in [2.05, 4.69) is 20.1 Å². The average Bonchev–Trinajstić information content (AvgIpc) is 2.97. The second-order valence-corrected chi connectivity index (χ2v) is 6.18. The zero-order chi connectivity index (χ0) is 14.7. The van der Waals surface area contributed by atoms with Crippen LogP contribution in [0.5, 0.6) is 0 Å². The number of hydrogen-bond donors (Lipinski definition) is 1. The molecule has 1 fully saturated rings. The van der Waals surface area contributed by atoms with Crippen molar-refractivity contribution in [1.82, 2.24) is 10.3 Å². The van der Waals surface area contributed by atoms with E-state index in [9.17, 15) is 4.39 Å². The number of thiazole rings is 1. The van der Waals surface area contributed by atoms with Gasteiger partial charge >= 0.3 is 0 Å². The Morgan fingerprint density at radius 1 is 1.14 bits per heavy atom. The predicted molar refractivity (Wildman–Crippen MR) is 85.7 cm³/mol. The maximum Gasteiger partial charge on any atom is 0.185 e. The van der Waals surface area contributed by atoms with E-state index in [1.165, 1.54) is 17.0 Å². The highest BCUT2D eigenvalue weighted by Gasteiger charge is 2.19. The maximum atomic E-state index is 13.0. The van der Waals surface area contributed by atoms with Crippen LogP contribution in [0.25, 0.3) is 0 Å². The lowest BCUT2D eigenvalue weighted by Crippen LogP contribution is -2.46. The molecule has 0 aliphatic carbocycles. The molecule has 1 N–H and O–H groups in total. The highest BCUT2D eigenvalue weighted by molar-refractivity contribution is 7.15. The van der Waals surface area contributed by atoms with Crippen molar-refractivity contribution in [2.24, 2.45) is 0 Å². The van der Waals surface area contributed by atoms with Crippen LogP contribution in [0, 0.1) is 5.82 Å². The molecule has 21 heavy (non-hydrogen) atoms. The van der Waals surface area contributed by atoms with E-state index in [1.807, 2.05) is 25.4 Å². The van der Waals surface area contributed by atoms with Crippen LogP contribution in [0.3, 0.4) is 0 Å². The third kappa shape index (κ3) is 3.33. The van der Waals surface area contributed by atoms with E-state index in [0.29, 0.717) is 0 Å². The quantitative estimate of drug-likeness (QED) is 0.939. The van der Waals surface area contributed by atoms with E-state index >= 15 is 0 Å². The Balaban J connectivity index is 1.60. The summed E-state index contributed by atoms with van der Waals surface area (Å²) in [6.45, 7) is 4.64. The molecule has 3 rings (SSSR count). The smallest absolute Gasteiger partial charge is 0.185 e. The fourth-order valence-corrected chi connectivity index (χ4v) is 3.48. The minimum atomic E-state index is -0.183. The van der Waals surface area contributed by atoms with Crippen molar-refractivity contribution in [2.75, 3.05) is 43.0 Å². The highest BCUT2D eigenvalue weighted by atomic mass is 32.1. The summed E-state index contributed by atoms with van der Waals surface area (Å²) in [5, 5.41) is 4.24. The number of rotatable bonds is 4. The van der Waals surface area contributed by atoms with Crippen LogP contribution in [-0.2, 0) is 6.54 Å². The number of aromatic nitrogens is 1. The van der Waals surface area contributed by atoms with Crippen LogP contribution in [0.4, 0.5) is 15.2 Å². The van der Waals surface area contributed by atoms with Gasteiger partial charge in [0.2, 0.25) is 0 Å². The lowest BCUT2D eigenvalue weighted by molar-refractivity contribution is 0.624. The Hall–Kier alpha value is -1.66. The second kappa shape index (κ2) is 6.41. The zero-order valence-corrected chi connectivity index (χ0v) is 12.9. The summed E-state index contributed by atoms with van der Waals surface area (Å²) in [4.78, 5) is 10.4. The molecule has 0 amide bonds. The molecule has 1 aromatic carbocycles. The van der Waals surface area contributed by atoms with Gasteiger partial charge in [-0.05, 0) is 31.3 Å². The summed E-state index contributed by atoms with van der Waals surface area (Å²) < 4.78 is 13.0. The van der Waals surface area contributed by atoms with Gasteiger partial charge in [-0.25, -0.2) is 9.37 Å². The van der Waals surface area contributed by atoms with Crippen molar-refractivity contribution >= 4 is 22.2 Å². The molecule has 1 aliphatic rings. The number of nitrogens with zero attached hydrogens (tertiary/aromatic N) is 3. The van der Waals surface area contributed by atoms with Crippen LogP contribution in [0.1, 0.15) is 4.88 Å². The molecule has 2 heterocycles. The predicted octanol–water partition coefficient (Wildman–Crippen LogP) is 2.33.